The van der Waals surface area contributed by atoms with E-state index in [1.54, 1.807) is 19.5 Å². The van der Waals surface area contributed by atoms with Gasteiger partial charge in [-0.3, -0.25) is 0 Å². The average Bonchev–Trinajstić information content (AvgIpc) is 2.81. The van der Waals surface area contributed by atoms with Crippen molar-refractivity contribution in [3.63, 3.8) is 0 Å². The van der Waals surface area contributed by atoms with E-state index in [-0.39, 0.29) is 0 Å². The van der Waals surface area contributed by atoms with Gasteiger partial charge in [-0.15, -0.1) is 0 Å². The van der Waals surface area contributed by atoms with Crippen LogP contribution in [0.3, 0.4) is 0 Å². The first-order chi connectivity index (χ1) is 12.3. The van der Waals surface area contributed by atoms with Crippen LogP contribution in [-0.4, -0.2) is 17.1 Å². The molecule has 0 saturated heterocycles. The zero-order valence-corrected chi connectivity index (χ0v) is 14.9. The lowest BCUT2D eigenvalue weighted by Crippen LogP contribution is -2.16. The number of methoxy groups -OCH3 is 1. The van der Waals surface area contributed by atoms with Crippen LogP contribution in [0.4, 0.5) is 0 Å². The maximum absolute atomic E-state index is 5.92. The molecule has 1 heterocycles. The summed E-state index contributed by atoms with van der Waals surface area (Å²) in [5.41, 5.74) is 2.94. The summed E-state index contributed by atoms with van der Waals surface area (Å²) in [4.78, 5) is 8.18. The van der Waals surface area contributed by atoms with Crippen LogP contribution < -0.4 is 9.47 Å². The number of ether oxygens (including phenoxy) is 2. The molecule has 0 aliphatic heterocycles. The summed E-state index contributed by atoms with van der Waals surface area (Å²) in [6.45, 7) is 0. The Kier molecular flexibility index (Phi) is 4.86. The van der Waals surface area contributed by atoms with E-state index in [9.17, 15) is 0 Å². The first-order valence-electron chi connectivity index (χ1n) is 9.46. The molecule has 4 nitrogen and oxygen atoms in total. The molecule has 1 aromatic heterocycles. The molecule has 1 fully saturated rings. The summed E-state index contributed by atoms with van der Waals surface area (Å²) in [6, 6.07) is 6.85. The van der Waals surface area contributed by atoms with Crippen molar-refractivity contribution in [1.82, 2.24) is 9.97 Å². The van der Waals surface area contributed by atoms with Gasteiger partial charge in [0, 0.05) is 0 Å². The molecule has 1 saturated carbocycles. The standard InChI is InChI=1S/C21H26N2O2/c1-24-21-22-13-20(14-23-21)25-19-10-9-17-7-5-16(6-8-18(17)12-19)11-15-3-2-4-15/h9-10,12-16H,2-8,11H2,1H3. The summed E-state index contributed by atoms with van der Waals surface area (Å²) in [5.74, 6) is 3.42. The fraction of sp³-hybridized carbons (Fsp3) is 0.524. The molecule has 2 aliphatic rings. The molecule has 0 bridgehead atoms. The molecule has 4 rings (SSSR count). The maximum Gasteiger partial charge on any atom is 0.316 e. The first-order valence-corrected chi connectivity index (χ1v) is 9.46. The van der Waals surface area contributed by atoms with Crippen molar-refractivity contribution < 1.29 is 9.47 Å². The number of hydrogen-bond donors (Lipinski definition) is 0. The number of aromatic nitrogens is 2. The minimum Gasteiger partial charge on any atom is -0.467 e. The normalized spacial score (nSPS) is 20.3. The molecular formula is C21H26N2O2. The van der Waals surface area contributed by atoms with Gasteiger partial charge in [0.25, 0.3) is 0 Å². The molecule has 0 amide bonds. The second-order valence-corrected chi connectivity index (χ2v) is 7.41. The summed E-state index contributed by atoms with van der Waals surface area (Å²) in [6.07, 6.45) is 14.2. The second-order valence-electron chi connectivity index (χ2n) is 7.41. The van der Waals surface area contributed by atoms with Crippen molar-refractivity contribution in [2.24, 2.45) is 11.8 Å². The van der Waals surface area contributed by atoms with Crippen LogP contribution in [-0.2, 0) is 12.8 Å². The maximum atomic E-state index is 5.92. The largest absolute Gasteiger partial charge is 0.467 e. The third kappa shape index (κ3) is 3.94. The minimum atomic E-state index is 0.354. The number of benzene rings is 1. The zero-order valence-electron chi connectivity index (χ0n) is 14.9. The van der Waals surface area contributed by atoms with Crippen LogP contribution in [0.25, 0.3) is 0 Å². The van der Waals surface area contributed by atoms with Crippen molar-refractivity contribution in [3.8, 4) is 17.5 Å². The Morgan fingerprint density at radius 1 is 0.920 bits per heavy atom. The minimum absolute atomic E-state index is 0.354. The lowest BCUT2D eigenvalue weighted by molar-refractivity contribution is 0.237. The van der Waals surface area contributed by atoms with Crippen molar-refractivity contribution in [3.05, 3.63) is 41.7 Å². The van der Waals surface area contributed by atoms with Gasteiger partial charge in [0.05, 0.1) is 19.5 Å². The quantitative estimate of drug-likeness (QED) is 0.723. The smallest absolute Gasteiger partial charge is 0.316 e. The molecule has 132 valence electrons. The Morgan fingerprint density at radius 3 is 2.32 bits per heavy atom. The van der Waals surface area contributed by atoms with E-state index in [0.29, 0.717) is 11.8 Å². The van der Waals surface area contributed by atoms with Gasteiger partial charge >= 0.3 is 6.01 Å². The van der Waals surface area contributed by atoms with Crippen LogP contribution >= 0.6 is 0 Å². The SMILES string of the molecule is COc1ncc(Oc2ccc3c(c2)CCC(CC2CCC2)CC3)cn1. The lowest BCUT2D eigenvalue weighted by atomic mass is 9.77. The van der Waals surface area contributed by atoms with Gasteiger partial charge in [0.2, 0.25) is 0 Å². The van der Waals surface area contributed by atoms with Gasteiger partial charge in [0.1, 0.15) is 5.75 Å². The molecule has 1 unspecified atom stereocenters. The molecular weight excluding hydrogens is 312 g/mol. The van der Waals surface area contributed by atoms with Crippen molar-refractivity contribution in [2.45, 2.75) is 51.4 Å². The van der Waals surface area contributed by atoms with E-state index in [0.717, 1.165) is 17.6 Å². The third-order valence-electron chi connectivity index (χ3n) is 5.74. The number of fused-ring (bicyclic) bond motifs is 1. The monoisotopic (exact) mass is 338 g/mol. The Labute approximate surface area is 149 Å². The van der Waals surface area contributed by atoms with Gasteiger partial charge < -0.3 is 9.47 Å². The fourth-order valence-corrected chi connectivity index (χ4v) is 4.04. The molecule has 2 aliphatic carbocycles. The Morgan fingerprint density at radius 2 is 1.64 bits per heavy atom. The Balaban J connectivity index is 1.41. The Hall–Kier alpha value is -2.10. The van der Waals surface area contributed by atoms with Crippen molar-refractivity contribution in [2.75, 3.05) is 7.11 Å². The summed E-state index contributed by atoms with van der Waals surface area (Å²) < 4.78 is 10.9. The Bertz CT molecular complexity index is 710. The van der Waals surface area contributed by atoms with Crippen molar-refractivity contribution in [1.29, 1.82) is 0 Å². The summed E-state index contributed by atoms with van der Waals surface area (Å²) in [7, 11) is 1.56. The average molecular weight is 338 g/mol. The topological polar surface area (TPSA) is 44.2 Å². The van der Waals surface area contributed by atoms with E-state index in [4.69, 9.17) is 9.47 Å². The van der Waals surface area contributed by atoms with Gasteiger partial charge in [-0.05, 0) is 67.2 Å². The van der Waals surface area contributed by atoms with Crippen LogP contribution in [0.1, 0.15) is 49.7 Å². The second kappa shape index (κ2) is 7.42. The van der Waals surface area contributed by atoms with Crippen LogP contribution in [0.2, 0.25) is 0 Å². The third-order valence-corrected chi connectivity index (χ3v) is 5.74. The first kappa shape index (κ1) is 16.4. The van der Waals surface area contributed by atoms with Gasteiger partial charge in [-0.25, -0.2) is 0 Å². The summed E-state index contributed by atoms with van der Waals surface area (Å²) in [5, 5.41) is 0. The van der Waals surface area contributed by atoms with E-state index in [1.807, 2.05) is 0 Å². The van der Waals surface area contributed by atoms with E-state index < -0.39 is 0 Å². The number of rotatable bonds is 5. The number of aryl methyl sites for hydroxylation is 2. The lowest BCUT2D eigenvalue weighted by Gasteiger charge is -2.29. The van der Waals surface area contributed by atoms with E-state index in [1.165, 1.54) is 62.5 Å². The van der Waals surface area contributed by atoms with Crippen LogP contribution in [0.15, 0.2) is 30.6 Å². The van der Waals surface area contributed by atoms with Gasteiger partial charge in [-0.1, -0.05) is 25.3 Å². The molecule has 25 heavy (non-hydrogen) atoms. The number of nitrogens with zero attached hydrogens (tertiary/aromatic N) is 2. The van der Waals surface area contributed by atoms with Gasteiger partial charge in [0.15, 0.2) is 5.75 Å². The molecule has 0 spiro atoms. The predicted molar refractivity (Wildman–Crippen MR) is 97.2 cm³/mol. The molecule has 0 N–H and O–H groups in total. The van der Waals surface area contributed by atoms with Crippen LogP contribution in [0, 0.1) is 11.8 Å². The van der Waals surface area contributed by atoms with Crippen molar-refractivity contribution >= 4 is 0 Å². The molecule has 2 aromatic rings. The summed E-state index contributed by atoms with van der Waals surface area (Å²) >= 11 is 0. The highest BCUT2D eigenvalue weighted by atomic mass is 16.5. The molecule has 1 aromatic carbocycles. The predicted octanol–water partition coefficient (Wildman–Crippen LogP) is 4.96. The van der Waals surface area contributed by atoms with E-state index >= 15 is 0 Å². The highest BCUT2D eigenvalue weighted by Crippen LogP contribution is 2.37. The van der Waals surface area contributed by atoms with Crippen LogP contribution in [0.5, 0.6) is 17.5 Å². The highest BCUT2D eigenvalue weighted by Gasteiger charge is 2.24. The molecule has 1 atom stereocenters. The molecule has 4 heteroatoms. The number of hydrogen-bond acceptors (Lipinski definition) is 4. The van der Waals surface area contributed by atoms with E-state index in [2.05, 4.69) is 28.2 Å². The highest BCUT2D eigenvalue weighted by molar-refractivity contribution is 5.38. The van der Waals surface area contributed by atoms with Gasteiger partial charge in [-0.2, -0.15) is 9.97 Å². The molecule has 0 radical (unpaired) electrons. The fourth-order valence-electron chi connectivity index (χ4n) is 4.04. The zero-order chi connectivity index (χ0) is 17.1.